The molecule has 0 radical (unpaired) electrons. The third-order valence-electron chi connectivity index (χ3n) is 8.02. The number of nitrogens with zero attached hydrogens (tertiary/aromatic N) is 3. The molecular weight excluding hydrogens is 460 g/mol. The minimum atomic E-state index is -0.605. The van der Waals surface area contributed by atoms with E-state index in [4.69, 9.17) is 9.47 Å². The average molecular weight is 491 g/mol. The number of hydrogen-bond donors (Lipinski definition) is 1. The predicted octanol–water partition coefficient (Wildman–Crippen LogP) is 2.25. The molecule has 1 aromatic carbocycles. The molecule has 1 saturated carbocycles. The molecule has 1 N–H and O–H groups in total. The van der Waals surface area contributed by atoms with Gasteiger partial charge in [-0.25, -0.2) is 4.98 Å². The average Bonchev–Trinajstić information content (AvgIpc) is 3.43. The molecule has 2 saturated heterocycles. The Bertz CT molecular complexity index is 1190. The molecule has 3 amide bonds. The summed E-state index contributed by atoms with van der Waals surface area (Å²) >= 11 is 0. The van der Waals surface area contributed by atoms with Crippen LogP contribution >= 0.6 is 0 Å². The summed E-state index contributed by atoms with van der Waals surface area (Å²) in [4.78, 5) is 45.2. The van der Waals surface area contributed by atoms with Crippen LogP contribution in [0.3, 0.4) is 0 Å². The number of carbonyl (C=O) groups is 3. The number of ether oxygens (including phenoxy) is 2. The van der Waals surface area contributed by atoms with E-state index >= 15 is 0 Å². The molecule has 2 unspecified atom stereocenters. The van der Waals surface area contributed by atoms with E-state index < -0.39 is 11.9 Å². The van der Waals surface area contributed by atoms with Crippen LogP contribution in [0.15, 0.2) is 36.5 Å². The van der Waals surface area contributed by atoms with Gasteiger partial charge in [0.2, 0.25) is 17.7 Å². The molecule has 3 aliphatic heterocycles. The lowest BCUT2D eigenvalue weighted by atomic mass is 9.90. The second kappa shape index (κ2) is 9.20. The maximum atomic E-state index is 13.0. The van der Waals surface area contributed by atoms with Crippen molar-refractivity contribution >= 4 is 17.7 Å². The first kappa shape index (κ1) is 23.0. The first-order valence-electron chi connectivity index (χ1n) is 12.7. The van der Waals surface area contributed by atoms with Gasteiger partial charge >= 0.3 is 0 Å². The summed E-state index contributed by atoms with van der Waals surface area (Å²) in [6, 6.07) is 9.39. The Balaban J connectivity index is 1.09. The Kier molecular flexibility index (Phi) is 5.87. The summed E-state index contributed by atoms with van der Waals surface area (Å²) in [6.45, 7) is 2.35. The molecule has 0 bridgehead atoms. The molecule has 188 valence electrons. The molecule has 36 heavy (non-hydrogen) atoms. The summed E-state index contributed by atoms with van der Waals surface area (Å²) in [5.41, 5.74) is 2.72. The number of pyridine rings is 1. The lowest BCUT2D eigenvalue weighted by Gasteiger charge is -2.45. The zero-order valence-corrected chi connectivity index (χ0v) is 20.3. The Morgan fingerprint density at radius 3 is 2.67 bits per heavy atom. The number of rotatable bonds is 6. The summed E-state index contributed by atoms with van der Waals surface area (Å²) in [5, 5.41) is 2.35. The smallest absolute Gasteiger partial charge is 0.255 e. The van der Waals surface area contributed by atoms with Crippen molar-refractivity contribution in [3.63, 3.8) is 0 Å². The molecule has 4 aliphatic rings. The zero-order valence-electron chi connectivity index (χ0n) is 20.3. The second-order valence-corrected chi connectivity index (χ2v) is 10.2. The van der Waals surface area contributed by atoms with Crippen molar-refractivity contribution in [3.05, 3.63) is 53.2 Å². The number of amides is 3. The fourth-order valence-electron chi connectivity index (χ4n) is 6.01. The first-order valence-corrected chi connectivity index (χ1v) is 12.7. The third-order valence-corrected chi connectivity index (χ3v) is 8.02. The number of methoxy groups -OCH3 is 1. The van der Waals surface area contributed by atoms with Crippen LogP contribution in [0.4, 0.5) is 0 Å². The molecular formula is C27H30N4O5. The van der Waals surface area contributed by atoms with Crippen LogP contribution in [0.2, 0.25) is 0 Å². The lowest BCUT2D eigenvalue weighted by Crippen LogP contribution is -2.54. The molecule has 4 heterocycles. The number of imide groups is 1. The minimum absolute atomic E-state index is 0.112. The Hall–Kier alpha value is -3.46. The van der Waals surface area contributed by atoms with Crippen LogP contribution in [0.5, 0.6) is 11.6 Å². The Morgan fingerprint density at radius 2 is 1.92 bits per heavy atom. The van der Waals surface area contributed by atoms with Gasteiger partial charge in [-0.2, -0.15) is 0 Å². The number of likely N-dealkylation sites (tertiary alicyclic amines) is 1. The highest BCUT2D eigenvalue weighted by Gasteiger charge is 2.42. The fraction of sp³-hybridized carbons (Fsp3) is 0.481. The van der Waals surface area contributed by atoms with Gasteiger partial charge in [0.1, 0.15) is 17.9 Å². The summed E-state index contributed by atoms with van der Waals surface area (Å²) in [6.07, 6.45) is 5.89. The van der Waals surface area contributed by atoms with Gasteiger partial charge in [0, 0.05) is 55.8 Å². The first-order chi connectivity index (χ1) is 17.5. The van der Waals surface area contributed by atoms with Crippen LogP contribution in [0, 0.1) is 0 Å². The number of benzene rings is 1. The number of aromatic nitrogens is 1. The van der Waals surface area contributed by atoms with Crippen molar-refractivity contribution < 1.29 is 23.9 Å². The van der Waals surface area contributed by atoms with Gasteiger partial charge in [-0.05, 0) is 55.0 Å². The molecule has 0 spiro atoms. The van der Waals surface area contributed by atoms with Gasteiger partial charge in [-0.1, -0.05) is 6.07 Å². The highest BCUT2D eigenvalue weighted by molar-refractivity contribution is 6.05. The molecule has 6 rings (SSSR count). The molecule has 9 heteroatoms. The topological polar surface area (TPSA) is 101 Å². The number of hydrogen-bond acceptors (Lipinski definition) is 7. The van der Waals surface area contributed by atoms with Crippen LogP contribution in [-0.4, -0.2) is 70.9 Å². The molecule has 3 atom stereocenters. The summed E-state index contributed by atoms with van der Waals surface area (Å²) < 4.78 is 11.6. The molecule has 1 aliphatic carbocycles. The van der Waals surface area contributed by atoms with E-state index in [9.17, 15) is 14.4 Å². The van der Waals surface area contributed by atoms with Crippen molar-refractivity contribution in [3.8, 4) is 11.6 Å². The SMILES string of the molecule is COc1ccc(C2CN([C@H]3CCCC3Oc3ccc4c(c3)CN(C3CCC(=O)NC3=O)C4=O)C2)cn1. The van der Waals surface area contributed by atoms with Gasteiger partial charge < -0.3 is 14.4 Å². The van der Waals surface area contributed by atoms with E-state index in [0.29, 0.717) is 36.4 Å². The third kappa shape index (κ3) is 4.11. The second-order valence-electron chi connectivity index (χ2n) is 10.2. The van der Waals surface area contributed by atoms with Crippen molar-refractivity contribution in [1.82, 2.24) is 20.1 Å². The molecule has 3 fully saturated rings. The maximum Gasteiger partial charge on any atom is 0.255 e. The maximum absolute atomic E-state index is 13.0. The van der Waals surface area contributed by atoms with Gasteiger partial charge in [-0.3, -0.25) is 24.6 Å². The number of piperidine rings is 1. The highest BCUT2D eigenvalue weighted by atomic mass is 16.5. The number of nitrogens with one attached hydrogen (secondary N) is 1. The monoisotopic (exact) mass is 490 g/mol. The van der Waals surface area contributed by atoms with Gasteiger partial charge in [0.05, 0.1) is 7.11 Å². The fourth-order valence-corrected chi connectivity index (χ4v) is 6.01. The van der Waals surface area contributed by atoms with Crippen LogP contribution in [0.1, 0.15) is 59.5 Å². The Labute approximate surface area is 209 Å². The zero-order chi connectivity index (χ0) is 24.8. The summed E-state index contributed by atoms with van der Waals surface area (Å²) in [5.74, 6) is 1.04. The normalized spacial score (nSPS) is 26.5. The van der Waals surface area contributed by atoms with E-state index in [2.05, 4.69) is 21.3 Å². The van der Waals surface area contributed by atoms with Gasteiger partial charge in [0.15, 0.2) is 0 Å². The standard InChI is InChI=1S/C27H30N4O5/c1-35-25-10-5-16(12-28-25)18-13-30(14-18)21-3-2-4-23(21)36-19-6-7-20-17(11-19)15-31(27(20)34)22-8-9-24(32)29-26(22)33/h5-7,10-12,18,21-23H,2-4,8-9,13-15H2,1H3,(H,29,32,33)/t21-,22?,23?/m0/s1. The van der Waals surface area contributed by atoms with E-state index in [1.807, 2.05) is 24.4 Å². The predicted molar refractivity (Wildman–Crippen MR) is 130 cm³/mol. The van der Waals surface area contributed by atoms with E-state index in [1.165, 1.54) is 5.56 Å². The lowest BCUT2D eigenvalue weighted by molar-refractivity contribution is -0.136. The molecule has 2 aromatic rings. The largest absolute Gasteiger partial charge is 0.489 e. The van der Waals surface area contributed by atoms with Crippen molar-refractivity contribution in [2.24, 2.45) is 0 Å². The Morgan fingerprint density at radius 1 is 1.06 bits per heavy atom. The highest BCUT2D eigenvalue weighted by Crippen LogP contribution is 2.37. The number of fused-ring (bicyclic) bond motifs is 1. The number of carbonyl (C=O) groups excluding carboxylic acids is 3. The van der Waals surface area contributed by atoms with Crippen molar-refractivity contribution in [1.29, 1.82) is 0 Å². The quantitative estimate of drug-likeness (QED) is 0.620. The van der Waals surface area contributed by atoms with Gasteiger partial charge in [-0.15, -0.1) is 0 Å². The van der Waals surface area contributed by atoms with Crippen LogP contribution < -0.4 is 14.8 Å². The molecule has 1 aromatic heterocycles. The van der Waals surface area contributed by atoms with Crippen LogP contribution in [-0.2, 0) is 16.1 Å². The summed E-state index contributed by atoms with van der Waals surface area (Å²) in [7, 11) is 1.63. The minimum Gasteiger partial charge on any atom is -0.489 e. The van der Waals surface area contributed by atoms with Crippen molar-refractivity contribution in [2.45, 2.75) is 62.8 Å². The van der Waals surface area contributed by atoms with Crippen molar-refractivity contribution in [2.75, 3.05) is 20.2 Å². The van der Waals surface area contributed by atoms with E-state index in [1.54, 1.807) is 18.1 Å². The van der Waals surface area contributed by atoms with Crippen LogP contribution in [0.25, 0.3) is 0 Å². The van der Waals surface area contributed by atoms with Gasteiger partial charge in [0.25, 0.3) is 5.91 Å². The molecule has 9 nitrogen and oxygen atoms in total. The van der Waals surface area contributed by atoms with E-state index in [0.717, 1.165) is 43.7 Å². The van der Waals surface area contributed by atoms with E-state index in [-0.39, 0.29) is 24.3 Å².